The van der Waals surface area contributed by atoms with Crippen molar-refractivity contribution in [2.24, 2.45) is 0 Å². The average molecular weight is 441 g/mol. The zero-order chi connectivity index (χ0) is 22.6. The van der Waals surface area contributed by atoms with E-state index in [9.17, 15) is 0 Å². The van der Waals surface area contributed by atoms with Gasteiger partial charge in [0.05, 0.1) is 0 Å². The minimum atomic E-state index is 0.362. The third-order valence-corrected chi connectivity index (χ3v) is 7.44. The lowest BCUT2D eigenvalue weighted by molar-refractivity contribution is 0.0661. The first-order chi connectivity index (χ1) is 16.1. The number of rotatable bonds is 8. The Bertz CT molecular complexity index is 1020. The zero-order valence-electron chi connectivity index (χ0n) is 20.0. The van der Waals surface area contributed by atoms with Crippen LogP contribution in [0.25, 0.3) is 0 Å². The van der Waals surface area contributed by atoms with Crippen molar-refractivity contribution in [1.82, 2.24) is 9.80 Å². The van der Waals surface area contributed by atoms with E-state index in [2.05, 4.69) is 103 Å². The molecule has 0 N–H and O–H groups in total. The SMILES string of the molecule is CN(Cc1ccc(Cc2ccccc2)cc1)Cc1cccc(OC2C[C@H]3CC[C@@H](C2)N3C)c1. The van der Waals surface area contributed by atoms with Crippen molar-refractivity contribution >= 4 is 0 Å². The maximum Gasteiger partial charge on any atom is 0.120 e. The fourth-order valence-corrected chi connectivity index (χ4v) is 5.64. The van der Waals surface area contributed by atoms with Crippen LogP contribution in [-0.4, -0.2) is 42.1 Å². The monoisotopic (exact) mass is 440 g/mol. The predicted molar refractivity (Wildman–Crippen MR) is 136 cm³/mol. The molecule has 2 aliphatic heterocycles. The minimum absolute atomic E-state index is 0.362. The van der Waals surface area contributed by atoms with Gasteiger partial charge < -0.3 is 9.64 Å². The van der Waals surface area contributed by atoms with E-state index in [-0.39, 0.29) is 0 Å². The van der Waals surface area contributed by atoms with Crippen LogP contribution in [0, 0.1) is 0 Å². The first-order valence-electron chi connectivity index (χ1n) is 12.4. The minimum Gasteiger partial charge on any atom is -0.490 e. The predicted octanol–water partition coefficient (Wildman–Crippen LogP) is 5.91. The lowest BCUT2D eigenvalue weighted by atomic mass is 10.0. The second-order valence-electron chi connectivity index (χ2n) is 10.1. The van der Waals surface area contributed by atoms with E-state index in [0.717, 1.165) is 38.1 Å². The number of benzene rings is 3. The summed E-state index contributed by atoms with van der Waals surface area (Å²) in [5, 5.41) is 0. The van der Waals surface area contributed by atoms with Crippen molar-refractivity contribution in [2.75, 3.05) is 14.1 Å². The lowest BCUT2D eigenvalue weighted by Gasteiger charge is -2.36. The Morgan fingerprint density at radius 2 is 1.36 bits per heavy atom. The second kappa shape index (κ2) is 10.1. The van der Waals surface area contributed by atoms with E-state index in [0.29, 0.717) is 18.2 Å². The molecule has 3 atom stereocenters. The van der Waals surface area contributed by atoms with Crippen LogP contribution >= 0.6 is 0 Å². The normalized spacial score (nSPS) is 22.6. The third-order valence-electron chi connectivity index (χ3n) is 7.44. The summed E-state index contributed by atoms with van der Waals surface area (Å²) in [7, 11) is 4.48. The summed E-state index contributed by atoms with van der Waals surface area (Å²) in [5.41, 5.74) is 5.38. The van der Waals surface area contributed by atoms with E-state index in [1.807, 2.05) is 0 Å². The van der Waals surface area contributed by atoms with Gasteiger partial charge in [-0.1, -0.05) is 66.7 Å². The summed E-state index contributed by atoms with van der Waals surface area (Å²) in [6.07, 6.45) is 6.34. The molecule has 5 rings (SSSR count). The Labute approximate surface area is 199 Å². The Morgan fingerprint density at radius 1 is 0.758 bits per heavy atom. The number of hydrogen-bond donors (Lipinski definition) is 0. The number of hydrogen-bond acceptors (Lipinski definition) is 3. The molecule has 0 radical (unpaired) electrons. The molecule has 3 aromatic rings. The van der Waals surface area contributed by atoms with Crippen LogP contribution in [-0.2, 0) is 19.5 Å². The van der Waals surface area contributed by atoms with Gasteiger partial charge in [-0.05, 0) is 80.6 Å². The molecule has 0 aliphatic carbocycles. The van der Waals surface area contributed by atoms with E-state index in [1.54, 1.807) is 0 Å². The van der Waals surface area contributed by atoms with Gasteiger partial charge in [0.2, 0.25) is 0 Å². The first-order valence-corrected chi connectivity index (χ1v) is 12.4. The van der Waals surface area contributed by atoms with Crippen LogP contribution in [0.1, 0.15) is 47.9 Å². The summed E-state index contributed by atoms with van der Waals surface area (Å²) in [5.74, 6) is 1.03. The van der Waals surface area contributed by atoms with Gasteiger partial charge in [0.25, 0.3) is 0 Å². The van der Waals surface area contributed by atoms with Crippen LogP contribution in [0.2, 0.25) is 0 Å². The highest BCUT2D eigenvalue weighted by atomic mass is 16.5. The molecule has 2 heterocycles. The zero-order valence-corrected chi connectivity index (χ0v) is 20.0. The maximum atomic E-state index is 6.44. The number of ether oxygens (including phenoxy) is 1. The van der Waals surface area contributed by atoms with Gasteiger partial charge in [-0.15, -0.1) is 0 Å². The highest BCUT2D eigenvalue weighted by Gasteiger charge is 2.39. The average Bonchev–Trinajstić information content (AvgIpc) is 3.02. The van der Waals surface area contributed by atoms with Gasteiger partial charge in [0.15, 0.2) is 0 Å². The Morgan fingerprint density at radius 3 is 2.09 bits per heavy atom. The molecule has 0 aromatic heterocycles. The Hall–Kier alpha value is -2.62. The summed E-state index contributed by atoms with van der Waals surface area (Å²) >= 11 is 0. The van der Waals surface area contributed by atoms with Crippen molar-refractivity contribution in [1.29, 1.82) is 0 Å². The summed E-state index contributed by atoms with van der Waals surface area (Å²) in [6, 6.07) is 29.9. The molecule has 0 saturated carbocycles. The van der Waals surface area contributed by atoms with Crippen molar-refractivity contribution in [3.8, 4) is 5.75 Å². The molecule has 2 fully saturated rings. The maximum absolute atomic E-state index is 6.44. The molecule has 3 nitrogen and oxygen atoms in total. The van der Waals surface area contributed by atoms with E-state index in [4.69, 9.17) is 4.74 Å². The largest absolute Gasteiger partial charge is 0.490 e. The van der Waals surface area contributed by atoms with E-state index < -0.39 is 0 Å². The molecule has 172 valence electrons. The second-order valence-corrected chi connectivity index (χ2v) is 10.1. The van der Waals surface area contributed by atoms with Crippen molar-refractivity contribution in [2.45, 2.75) is 63.4 Å². The highest BCUT2D eigenvalue weighted by Crippen LogP contribution is 2.36. The van der Waals surface area contributed by atoms with Crippen LogP contribution in [0.15, 0.2) is 78.9 Å². The van der Waals surface area contributed by atoms with Crippen LogP contribution in [0.4, 0.5) is 0 Å². The van der Waals surface area contributed by atoms with Crippen LogP contribution in [0.5, 0.6) is 5.75 Å². The lowest BCUT2D eigenvalue weighted by Crippen LogP contribution is -2.43. The number of piperidine rings is 1. The molecule has 2 saturated heterocycles. The molecule has 0 spiro atoms. The Balaban J connectivity index is 1.14. The number of nitrogens with zero attached hydrogens (tertiary/aromatic N) is 2. The molecule has 33 heavy (non-hydrogen) atoms. The topological polar surface area (TPSA) is 15.7 Å². The third kappa shape index (κ3) is 5.66. The van der Waals surface area contributed by atoms with Crippen LogP contribution < -0.4 is 4.74 Å². The fraction of sp³-hybridized carbons (Fsp3) is 0.400. The van der Waals surface area contributed by atoms with Gasteiger partial charge in [-0.25, -0.2) is 0 Å². The molecular formula is C30H36N2O. The summed E-state index contributed by atoms with van der Waals surface area (Å²) in [6.45, 7) is 1.86. The van der Waals surface area contributed by atoms with Crippen LogP contribution in [0.3, 0.4) is 0 Å². The van der Waals surface area contributed by atoms with Crippen molar-refractivity contribution in [3.05, 3.63) is 101 Å². The Kier molecular flexibility index (Phi) is 6.80. The van der Waals surface area contributed by atoms with Gasteiger partial charge in [-0.3, -0.25) is 4.90 Å². The molecule has 3 aromatic carbocycles. The number of fused-ring (bicyclic) bond motifs is 2. The standard InChI is InChI=1S/C30H36N2O/c1-31(21-25-13-11-24(12-14-25)17-23-7-4-3-5-8-23)22-26-9-6-10-29(18-26)33-30-19-27-15-16-28(20-30)32(27)2/h3-14,18,27-28,30H,15-17,19-22H2,1-2H3/t27-,28+,30?. The van der Waals surface area contributed by atoms with Gasteiger partial charge in [-0.2, -0.15) is 0 Å². The summed E-state index contributed by atoms with van der Waals surface area (Å²) < 4.78 is 6.44. The highest BCUT2D eigenvalue weighted by molar-refractivity contribution is 5.30. The van der Waals surface area contributed by atoms with Gasteiger partial charge in [0.1, 0.15) is 11.9 Å². The smallest absolute Gasteiger partial charge is 0.120 e. The van der Waals surface area contributed by atoms with Crippen molar-refractivity contribution in [3.63, 3.8) is 0 Å². The fourth-order valence-electron chi connectivity index (χ4n) is 5.64. The molecule has 2 aliphatic rings. The molecule has 3 heteroatoms. The quantitative estimate of drug-likeness (QED) is 0.433. The van der Waals surface area contributed by atoms with Gasteiger partial charge >= 0.3 is 0 Å². The molecular weight excluding hydrogens is 404 g/mol. The van der Waals surface area contributed by atoms with Gasteiger partial charge in [0, 0.05) is 25.2 Å². The molecule has 1 unspecified atom stereocenters. The molecule has 0 amide bonds. The molecule has 2 bridgehead atoms. The van der Waals surface area contributed by atoms with Crippen molar-refractivity contribution < 1.29 is 4.74 Å². The van der Waals surface area contributed by atoms with E-state index in [1.165, 1.54) is 35.1 Å². The summed E-state index contributed by atoms with van der Waals surface area (Å²) in [4.78, 5) is 4.95. The first kappa shape index (κ1) is 22.2. The van der Waals surface area contributed by atoms with E-state index >= 15 is 0 Å².